The summed E-state index contributed by atoms with van der Waals surface area (Å²) in [4.78, 5) is 25.4. The van der Waals surface area contributed by atoms with Crippen molar-refractivity contribution < 1.29 is 139 Å². The fraction of sp³-hybridized carbons (Fsp3) is 0.882. The molecule has 8 fully saturated rings. The molecule has 0 aromatic carbocycles. The van der Waals surface area contributed by atoms with E-state index >= 15 is 0 Å². The number of allylic oxidation sites excluding steroid dienone is 2. The number of fused-ring (bicyclic) bond motifs is 1. The van der Waals surface area contributed by atoms with Gasteiger partial charge >= 0.3 is 11.9 Å². The summed E-state index contributed by atoms with van der Waals surface area (Å²) < 4.78 is 53.4. The Morgan fingerprint density at radius 3 is 1.35 bits per heavy atom. The summed E-state index contributed by atoms with van der Waals surface area (Å²) in [7, 11) is 0. The summed E-state index contributed by atoms with van der Waals surface area (Å²) in [6.45, 7) is -2.07. The van der Waals surface area contributed by atoms with Crippen molar-refractivity contribution in [2.45, 2.75) is 236 Å². The molecule has 4 saturated heterocycles. The summed E-state index contributed by atoms with van der Waals surface area (Å²) >= 11 is 0. The second-order valence-electron chi connectivity index (χ2n) is 22.6. The number of rotatable bonds is 16. The Hall–Kier alpha value is -2.54. The molecule has 4 aliphatic heterocycles. The first-order valence-corrected chi connectivity index (χ1v) is 27.3. The minimum absolute atomic E-state index is 0.0224. The molecule has 8 rings (SSSR count). The van der Waals surface area contributed by atoms with E-state index in [-0.39, 0.29) is 56.8 Å². The van der Waals surface area contributed by atoms with E-state index in [0.29, 0.717) is 25.7 Å². The summed E-state index contributed by atoms with van der Waals surface area (Å²) in [6.07, 6.45) is -33.5. The molecule has 0 spiro atoms. The summed E-state index contributed by atoms with van der Waals surface area (Å²) in [5, 5.41) is 182. The van der Waals surface area contributed by atoms with Gasteiger partial charge in [0.1, 0.15) is 92.6 Å². The lowest BCUT2D eigenvalue weighted by molar-refractivity contribution is -0.347. The topological polar surface area (TPSA) is 461 Å². The van der Waals surface area contributed by atoms with E-state index in [4.69, 9.17) is 42.6 Å². The Balaban J connectivity index is 0.958. The lowest BCUT2D eigenvalue weighted by Crippen LogP contribution is -2.64. The van der Waals surface area contributed by atoms with Crippen molar-refractivity contribution in [3.05, 3.63) is 24.3 Å². The number of carbonyl (C=O) groups excluding carboxylic acids is 2. The normalized spacial score (nSPS) is 50.0. The molecule has 452 valence electrons. The molecule has 17 N–H and O–H groups in total. The highest BCUT2D eigenvalue weighted by molar-refractivity contribution is 5.82. The first-order valence-electron chi connectivity index (χ1n) is 27.3. The second-order valence-corrected chi connectivity index (χ2v) is 22.6. The number of carbonyl (C=O) groups is 2. The van der Waals surface area contributed by atoms with Crippen molar-refractivity contribution in [1.82, 2.24) is 0 Å². The molecule has 79 heavy (non-hydrogen) atoms. The van der Waals surface area contributed by atoms with Crippen LogP contribution in [-0.4, -0.2) is 284 Å². The third-order valence-electron chi connectivity index (χ3n) is 17.0. The number of aliphatic hydroxyl groups is 17. The number of ether oxygens (including phenoxy) is 9. The standard InChI is InChI=1S/C51H80O28/c52-16-33-39(62)42(65)45(68)51(77-33)76-32-15-23-29(13-22(53)14-30(23)74-49-46(69)43(66)40(63)34(78-49)17-71-36(59)7-3-19-1-5-24(54)26(56)9-19)73-48(32)21-11-28(58)38(61)31(12-21)75-50-47(70)44(67)41(64)35(79-50)18-72-37(60)8-4-20-2-6-25(55)27(57)10-20/h3-4,7-8,19-35,38-58,61-70H,1-2,5-6,9-18H2/t19?,20?,21?,22?,23?,24?,25?,26?,27?,28?,29?,30?,31?,32?,33-,34-,35-,38?,39-,40-,41-,42-,43+,44+,45+,46-,47-,48?,49+,50-,51-/m0/s1. The van der Waals surface area contributed by atoms with Crippen molar-refractivity contribution >= 4 is 11.9 Å². The molecule has 31 atom stereocenters. The van der Waals surface area contributed by atoms with Crippen molar-refractivity contribution in [2.75, 3.05) is 19.8 Å². The number of hydrogen-bond acceptors (Lipinski definition) is 28. The summed E-state index contributed by atoms with van der Waals surface area (Å²) in [5.41, 5.74) is 0. The van der Waals surface area contributed by atoms with Crippen LogP contribution in [-0.2, 0) is 52.2 Å². The molecule has 28 heteroatoms. The quantitative estimate of drug-likeness (QED) is 0.0504. The molecule has 16 unspecified atom stereocenters. The van der Waals surface area contributed by atoms with Gasteiger partial charge in [0.15, 0.2) is 18.9 Å². The largest absolute Gasteiger partial charge is 0.460 e. The van der Waals surface area contributed by atoms with Crippen LogP contribution in [0.1, 0.15) is 70.6 Å². The van der Waals surface area contributed by atoms with E-state index in [2.05, 4.69) is 0 Å². The van der Waals surface area contributed by atoms with Gasteiger partial charge in [0.05, 0.1) is 73.8 Å². The SMILES string of the molecule is O=C(C=CC1CCC(O)C(O)C1)OC[C@@H]1O[C@@H](OC2CC(O)CC3OC(C4CC(O)C(O)C(O[C@H]5O[C@@H](COC(=O)C=CC6CCC(O)C(O)C6)[C@H](O)[C@@H](O)[C@@H]5O)C4)C(O[C@H]4O[C@@H](CO)[C@H](O)[C@H](O)[C@H]4O)CC32)[C@@H](O)[C@H](O)[C@H]1O. The highest BCUT2D eigenvalue weighted by atomic mass is 16.7. The molecular weight excluding hydrogens is 1060 g/mol. The summed E-state index contributed by atoms with van der Waals surface area (Å²) in [5.74, 6) is -3.84. The monoisotopic (exact) mass is 1140 g/mol. The van der Waals surface area contributed by atoms with Gasteiger partial charge in [-0.1, -0.05) is 12.2 Å². The van der Waals surface area contributed by atoms with E-state index in [0.717, 1.165) is 12.2 Å². The highest BCUT2D eigenvalue weighted by Gasteiger charge is 2.56. The number of esters is 2. The minimum Gasteiger partial charge on any atom is -0.460 e. The lowest BCUT2D eigenvalue weighted by Gasteiger charge is -2.53. The van der Waals surface area contributed by atoms with E-state index in [1.54, 1.807) is 0 Å². The zero-order valence-electron chi connectivity index (χ0n) is 43.2. The molecule has 4 saturated carbocycles. The van der Waals surface area contributed by atoms with Gasteiger partial charge in [-0.25, -0.2) is 9.59 Å². The van der Waals surface area contributed by atoms with Crippen LogP contribution in [0.15, 0.2) is 24.3 Å². The van der Waals surface area contributed by atoms with E-state index < -0.39 is 209 Å². The van der Waals surface area contributed by atoms with E-state index in [9.17, 15) is 96.4 Å². The van der Waals surface area contributed by atoms with E-state index in [1.165, 1.54) is 12.2 Å². The van der Waals surface area contributed by atoms with Crippen LogP contribution >= 0.6 is 0 Å². The Morgan fingerprint density at radius 2 is 0.873 bits per heavy atom. The third kappa shape index (κ3) is 14.9. The zero-order valence-corrected chi connectivity index (χ0v) is 43.2. The highest BCUT2D eigenvalue weighted by Crippen LogP contribution is 2.46. The van der Waals surface area contributed by atoms with Gasteiger partial charge in [-0.3, -0.25) is 0 Å². The van der Waals surface area contributed by atoms with Crippen LogP contribution in [0.2, 0.25) is 0 Å². The predicted molar refractivity (Wildman–Crippen MR) is 257 cm³/mol. The van der Waals surface area contributed by atoms with Crippen molar-refractivity contribution in [2.24, 2.45) is 23.7 Å². The van der Waals surface area contributed by atoms with Crippen LogP contribution < -0.4 is 0 Å². The van der Waals surface area contributed by atoms with Crippen LogP contribution in [0, 0.1) is 23.7 Å². The maximum atomic E-state index is 12.7. The molecule has 0 aromatic heterocycles. The van der Waals surface area contributed by atoms with Crippen LogP contribution in [0.4, 0.5) is 0 Å². The maximum Gasteiger partial charge on any atom is 0.330 e. The summed E-state index contributed by atoms with van der Waals surface area (Å²) in [6, 6.07) is 0. The Morgan fingerprint density at radius 1 is 0.418 bits per heavy atom. The number of aliphatic hydroxyl groups excluding tert-OH is 17. The minimum atomic E-state index is -1.95. The predicted octanol–water partition coefficient (Wildman–Crippen LogP) is -7.14. The first kappa shape index (κ1) is 62.5. The lowest BCUT2D eigenvalue weighted by atomic mass is 9.72. The van der Waals surface area contributed by atoms with Gasteiger partial charge < -0.3 is 129 Å². The van der Waals surface area contributed by atoms with Gasteiger partial charge in [0.2, 0.25) is 0 Å². The van der Waals surface area contributed by atoms with Gasteiger partial charge in [0, 0.05) is 24.5 Å². The van der Waals surface area contributed by atoms with Crippen molar-refractivity contribution in [3.8, 4) is 0 Å². The molecule has 0 bridgehead atoms. The molecular formula is C51H80O28. The average molecular weight is 1140 g/mol. The molecule has 0 amide bonds. The van der Waals surface area contributed by atoms with Crippen LogP contribution in [0.3, 0.4) is 0 Å². The van der Waals surface area contributed by atoms with Gasteiger partial charge in [-0.05, 0) is 82.0 Å². The smallest absolute Gasteiger partial charge is 0.330 e. The molecule has 4 heterocycles. The molecule has 4 aliphatic carbocycles. The first-order chi connectivity index (χ1) is 37.5. The van der Waals surface area contributed by atoms with Gasteiger partial charge in [0.25, 0.3) is 0 Å². The Kier molecular flexibility index (Phi) is 21.7. The van der Waals surface area contributed by atoms with Gasteiger partial charge in [-0.15, -0.1) is 0 Å². The van der Waals surface area contributed by atoms with Crippen molar-refractivity contribution in [1.29, 1.82) is 0 Å². The van der Waals surface area contributed by atoms with Crippen molar-refractivity contribution in [3.63, 3.8) is 0 Å². The molecule has 28 nitrogen and oxygen atoms in total. The molecule has 0 radical (unpaired) electrons. The Bertz CT molecular complexity index is 2020. The van der Waals surface area contributed by atoms with E-state index in [1.807, 2.05) is 0 Å². The fourth-order valence-electron chi connectivity index (χ4n) is 12.3. The average Bonchev–Trinajstić information content (AvgIpc) is 3.54. The maximum absolute atomic E-state index is 12.7. The van der Waals surface area contributed by atoms with Crippen LogP contribution in [0.25, 0.3) is 0 Å². The third-order valence-corrected chi connectivity index (χ3v) is 17.0. The van der Waals surface area contributed by atoms with Crippen LogP contribution in [0.5, 0.6) is 0 Å². The second kappa shape index (κ2) is 27.4. The zero-order chi connectivity index (χ0) is 57.1. The molecule has 8 aliphatic rings. The number of hydrogen-bond donors (Lipinski definition) is 17. The molecule has 0 aromatic rings. The van der Waals surface area contributed by atoms with Gasteiger partial charge in [-0.2, -0.15) is 0 Å². The fourth-order valence-corrected chi connectivity index (χ4v) is 12.3. The Labute approximate surface area is 453 Å².